The highest BCUT2D eigenvalue weighted by Crippen LogP contribution is 2.44. The minimum atomic E-state index is -0.303. The minimum Gasteiger partial charge on any atom is -0.494 e. The van der Waals surface area contributed by atoms with Crippen molar-refractivity contribution in [1.29, 1.82) is 0 Å². The number of H-pyrrole nitrogens is 1. The number of benzene rings is 2. The molecular weight excluding hydrogens is 398 g/mol. The summed E-state index contributed by atoms with van der Waals surface area (Å²) in [5.74, 6) is 0.702. The second-order valence-corrected chi connectivity index (χ2v) is 8.89. The number of rotatable bonds is 3. The Hall–Kier alpha value is -2.90. The van der Waals surface area contributed by atoms with E-state index in [4.69, 9.17) is 4.74 Å². The van der Waals surface area contributed by atoms with E-state index in [-0.39, 0.29) is 16.4 Å². The van der Waals surface area contributed by atoms with E-state index in [2.05, 4.69) is 32.5 Å². The first-order valence-corrected chi connectivity index (χ1v) is 11.1. The monoisotopic (exact) mass is 419 g/mol. The number of aromatic amines is 1. The van der Waals surface area contributed by atoms with E-state index in [0.717, 1.165) is 49.0 Å². The van der Waals surface area contributed by atoms with E-state index in [1.807, 2.05) is 12.1 Å². The molecule has 6 nitrogen and oxygen atoms in total. The van der Waals surface area contributed by atoms with Gasteiger partial charge in [-0.05, 0) is 66.2 Å². The van der Waals surface area contributed by atoms with Gasteiger partial charge in [-0.2, -0.15) is 0 Å². The van der Waals surface area contributed by atoms with E-state index in [1.54, 1.807) is 7.11 Å². The Morgan fingerprint density at radius 2 is 2.00 bits per heavy atom. The molecule has 3 heterocycles. The van der Waals surface area contributed by atoms with Crippen LogP contribution in [0.4, 0.5) is 0 Å². The number of hydrogen-bond donors (Lipinski definition) is 2. The topological polar surface area (TPSA) is 76.1 Å². The maximum atomic E-state index is 13.2. The summed E-state index contributed by atoms with van der Waals surface area (Å²) in [6, 6.07) is 10.6. The van der Waals surface area contributed by atoms with E-state index in [0.29, 0.717) is 22.0 Å². The Labute approximate surface area is 176 Å². The Balaban J connectivity index is 1.70. The van der Waals surface area contributed by atoms with Crippen LogP contribution in [0.5, 0.6) is 5.75 Å². The summed E-state index contributed by atoms with van der Waals surface area (Å²) >= 11 is 1.24. The van der Waals surface area contributed by atoms with Gasteiger partial charge in [0, 0.05) is 18.2 Å². The van der Waals surface area contributed by atoms with Gasteiger partial charge in [-0.1, -0.05) is 18.2 Å². The van der Waals surface area contributed by atoms with Crippen molar-refractivity contribution in [3.8, 4) is 16.9 Å². The van der Waals surface area contributed by atoms with Crippen molar-refractivity contribution >= 4 is 32.7 Å². The van der Waals surface area contributed by atoms with Gasteiger partial charge in [-0.25, -0.2) is 0 Å². The van der Waals surface area contributed by atoms with Crippen LogP contribution in [0.15, 0.2) is 39.9 Å². The van der Waals surface area contributed by atoms with Crippen LogP contribution in [0.1, 0.15) is 30.0 Å². The fourth-order valence-electron chi connectivity index (χ4n) is 4.65. The molecule has 4 aromatic rings. The summed E-state index contributed by atoms with van der Waals surface area (Å²) in [7, 11) is 1.66. The van der Waals surface area contributed by atoms with E-state index in [1.165, 1.54) is 22.7 Å². The average molecular weight is 420 g/mol. The molecule has 0 radical (unpaired) electrons. The van der Waals surface area contributed by atoms with Crippen LogP contribution in [0.2, 0.25) is 0 Å². The number of fused-ring (bicyclic) bond motifs is 3. The molecule has 0 unspecified atom stereocenters. The predicted molar refractivity (Wildman–Crippen MR) is 120 cm³/mol. The molecule has 1 saturated carbocycles. The summed E-state index contributed by atoms with van der Waals surface area (Å²) in [4.78, 5) is 26.2. The Kier molecular flexibility index (Phi) is 3.91. The van der Waals surface area contributed by atoms with Gasteiger partial charge in [0.25, 0.3) is 5.56 Å². The molecular formula is C23H21N3O3S. The zero-order chi connectivity index (χ0) is 20.4. The van der Waals surface area contributed by atoms with Crippen molar-refractivity contribution in [2.24, 2.45) is 0 Å². The van der Waals surface area contributed by atoms with Gasteiger partial charge in [0.1, 0.15) is 10.2 Å². The van der Waals surface area contributed by atoms with Crippen molar-refractivity contribution in [2.45, 2.75) is 31.8 Å². The van der Waals surface area contributed by atoms with Crippen molar-refractivity contribution < 1.29 is 4.74 Å². The minimum absolute atomic E-state index is 0.222. The second-order valence-electron chi connectivity index (χ2n) is 8.10. The van der Waals surface area contributed by atoms with Gasteiger partial charge in [0.05, 0.1) is 18.0 Å². The maximum absolute atomic E-state index is 13.2. The molecule has 0 bridgehead atoms. The number of pyridine rings is 1. The molecule has 0 saturated heterocycles. The zero-order valence-electron chi connectivity index (χ0n) is 16.6. The van der Waals surface area contributed by atoms with Crippen LogP contribution in [-0.2, 0) is 13.0 Å². The van der Waals surface area contributed by atoms with Crippen LogP contribution < -0.4 is 21.0 Å². The van der Waals surface area contributed by atoms with Crippen molar-refractivity contribution in [3.63, 3.8) is 0 Å². The third-order valence-electron chi connectivity index (χ3n) is 6.26. The van der Waals surface area contributed by atoms with Gasteiger partial charge in [-0.15, -0.1) is 0 Å². The van der Waals surface area contributed by atoms with E-state index in [9.17, 15) is 9.59 Å². The van der Waals surface area contributed by atoms with Crippen LogP contribution in [0.3, 0.4) is 0 Å². The summed E-state index contributed by atoms with van der Waals surface area (Å²) in [5, 5.41) is 4.21. The lowest BCUT2D eigenvalue weighted by atomic mass is 9.94. The molecule has 0 spiro atoms. The van der Waals surface area contributed by atoms with E-state index < -0.39 is 0 Å². The first-order valence-electron chi connectivity index (χ1n) is 10.3. The number of aromatic nitrogens is 2. The maximum Gasteiger partial charge on any atom is 0.271 e. The third-order valence-corrected chi connectivity index (χ3v) is 7.15. The normalized spacial score (nSPS) is 16.2. The Morgan fingerprint density at radius 3 is 2.80 bits per heavy atom. The highest BCUT2D eigenvalue weighted by Gasteiger charge is 2.30. The standard InChI is InChI=1S/C23H21N3O3S/c1-29-21-16(13-2-3-14-11-24-9-8-12(14)10-13)6-7-17-19(21)26(15-4-5-15)23-18(20(17)27)22(28)25-30-23/h2-3,6-7,10,15,24H,4-5,8-9,11H2,1H3,(H,25,28). The summed E-state index contributed by atoms with van der Waals surface area (Å²) in [5.41, 5.74) is 5.02. The molecule has 0 amide bonds. The quantitative estimate of drug-likeness (QED) is 0.532. The molecule has 1 fully saturated rings. The molecule has 1 aliphatic carbocycles. The van der Waals surface area contributed by atoms with Gasteiger partial charge in [-0.3, -0.25) is 14.0 Å². The summed E-state index contributed by atoms with van der Waals surface area (Å²) in [6.45, 7) is 1.88. The molecule has 2 aromatic heterocycles. The lowest BCUT2D eigenvalue weighted by Crippen LogP contribution is -2.23. The average Bonchev–Trinajstić information content (AvgIpc) is 3.54. The van der Waals surface area contributed by atoms with Gasteiger partial charge in [0.15, 0.2) is 5.75 Å². The van der Waals surface area contributed by atoms with Gasteiger partial charge in [0.2, 0.25) is 5.43 Å². The first kappa shape index (κ1) is 17.9. The highest BCUT2D eigenvalue weighted by atomic mass is 32.1. The van der Waals surface area contributed by atoms with Crippen LogP contribution in [0.25, 0.3) is 32.2 Å². The predicted octanol–water partition coefficient (Wildman–Crippen LogP) is 3.56. The van der Waals surface area contributed by atoms with Crippen molar-refractivity contribution in [2.75, 3.05) is 13.7 Å². The molecule has 7 heteroatoms. The number of methoxy groups -OCH3 is 1. The fourth-order valence-corrected chi connectivity index (χ4v) is 5.57. The number of nitrogens with zero attached hydrogens (tertiary/aromatic N) is 1. The first-order chi connectivity index (χ1) is 14.7. The van der Waals surface area contributed by atoms with Gasteiger partial charge >= 0.3 is 0 Å². The molecule has 2 aliphatic rings. The molecule has 1 aliphatic heterocycles. The molecule has 2 N–H and O–H groups in total. The molecule has 6 rings (SSSR count). The molecule has 30 heavy (non-hydrogen) atoms. The van der Waals surface area contributed by atoms with E-state index >= 15 is 0 Å². The van der Waals surface area contributed by atoms with Gasteiger partial charge < -0.3 is 14.6 Å². The second kappa shape index (κ2) is 6.55. The molecule has 152 valence electrons. The molecule has 0 atom stereocenters. The van der Waals surface area contributed by atoms with Crippen LogP contribution in [-0.4, -0.2) is 22.6 Å². The third kappa shape index (κ3) is 2.52. The SMILES string of the molecule is COc1c(-c2ccc3c(c2)CCNC3)ccc2c(=O)c3c(=O)[nH]sc3n(C3CC3)c12. The van der Waals surface area contributed by atoms with Crippen molar-refractivity contribution in [1.82, 2.24) is 14.3 Å². The summed E-state index contributed by atoms with van der Waals surface area (Å²) in [6.07, 6.45) is 3.08. The summed E-state index contributed by atoms with van der Waals surface area (Å²) < 4.78 is 10.8. The smallest absolute Gasteiger partial charge is 0.271 e. The number of hydrogen-bond acceptors (Lipinski definition) is 5. The highest BCUT2D eigenvalue weighted by molar-refractivity contribution is 7.12. The lowest BCUT2D eigenvalue weighted by Gasteiger charge is -2.20. The lowest BCUT2D eigenvalue weighted by molar-refractivity contribution is 0.419. The number of ether oxygens (including phenoxy) is 1. The number of nitrogens with one attached hydrogen (secondary N) is 2. The zero-order valence-corrected chi connectivity index (χ0v) is 17.4. The Bertz CT molecular complexity index is 1440. The molecule has 2 aromatic carbocycles. The van der Waals surface area contributed by atoms with Crippen LogP contribution >= 0.6 is 11.5 Å². The fraction of sp³-hybridized carbons (Fsp3) is 0.304. The van der Waals surface area contributed by atoms with Crippen LogP contribution in [0, 0.1) is 0 Å². The Morgan fingerprint density at radius 1 is 1.13 bits per heavy atom. The van der Waals surface area contributed by atoms with Crippen molar-refractivity contribution in [3.05, 3.63) is 62.0 Å². The largest absolute Gasteiger partial charge is 0.494 e.